The number of amidine groups is 1. The molecule has 0 bridgehead atoms. The van der Waals surface area contributed by atoms with E-state index >= 15 is 0 Å². The van der Waals surface area contributed by atoms with Gasteiger partial charge in [0.2, 0.25) is 6.10 Å². The molecule has 1 fully saturated rings. The third-order valence-electron chi connectivity index (χ3n) is 5.58. The van der Waals surface area contributed by atoms with Gasteiger partial charge in [-0.05, 0) is 31.0 Å². The van der Waals surface area contributed by atoms with Crippen LogP contribution in [0.5, 0.6) is 0 Å². The first-order valence-corrected chi connectivity index (χ1v) is 11.9. The molecule has 9 heteroatoms. The van der Waals surface area contributed by atoms with Gasteiger partial charge in [-0.15, -0.1) is 4.40 Å². The van der Waals surface area contributed by atoms with Crippen LogP contribution in [0.25, 0.3) is 0 Å². The zero-order chi connectivity index (χ0) is 22.9. The molecule has 0 aromatic heterocycles. The maximum atomic E-state index is 13.0. The highest BCUT2D eigenvalue weighted by atomic mass is 32.2. The number of benzene rings is 2. The van der Waals surface area contributed by atoms with Crippen LogP contribution in [-0.4, -0.2) is 51.7 Å². The molecule has 2 aliphatic heterocycles. The number of ether oxygens (including phenoxy) is 1. The third kappa shape index (κ3) is 4.25. The number of carbonyl (C=O) groups excluding carboxylic acids is 2. The molecule has 0 radical (unpaired) electrons. The van der Waals surface area contributed by atoms with Crippen LogP contribution >= 0.6 is 0 Å². The Kier molecular flexibility index (Phi) is 6.01. The van der Waals surface area contributed by atoms with E-state index in [1.54, 1.807) is 50.5 Å². The number of esters is 1. The van der Waals surface area contributed by atoms with E-state index in [1.165, 1.54) is 17.0 Å². The number of rotatable bonds is 4. The van der Waals surface area contributed by atoms with Crippen LogP contribution in [0.15, 0.2) is 57.8 Å². The minimum Gasteiger partial charge on any atom is -0.444 e. The summed E-state index contributed by atoms with van der Waals surface area (Å²) in [6, 6.07) is 13.2. The van der Waals surface area contributed by atoms with Crippen molar-refractivity contribution in [2.75, 3.05) is 25.5 Å². The van der Waals surface area contributed by atoms with E-state index in [1.807, 2.05) is 4.90 Å². The molecule has 0 unspecified atom stereocenters. The van der Waals surface area contributed by atoms with Crippen molar-refractivity contribution in [1.29, 1.82) is 0 Å². The van der Waals surface area contributed by atoms with Gasteiger partial charge in [-0.1, -0.05) is 36.8 Å². The van der Waals surface area contributed by atoms with Gasteiger partial charge in [0, 0.05) is 32.6 Å². The summed E-state index contributed by atoms with van der Waals surface area (Å²) in [5.41, 5.74) is 1.11. The minimum atomic E-state index is -3.93. The molecule has 4 rings (SSSR count). The Hall–Kier alpha value is -3.20. The van der Waals surface area contributed by atoms with E-state index in [0.717, 1.165) is 19.3 Å². The Balaban J connectivity index is 1.67. The first-order chi connectivity index (χ1) is 15.3. The Morgan fingerprint density at radius 2 is 1.81 bits per heavy atom. The Morgan fingerprint density at radius 1 is 1.06 bits per heavy atom. The summed E-state index contributed by atoms with van der Waals surface area (Å²) in [5.74, 6) is -0.627. The van der Waals surface area contributed by atoms with E-state index in [2.05, 4.69) is 4.40 Å². The number of carbonyl (C=O) groups is 2. The largest absolute Gasteiger partial charge is 0.444 e. The van der Waals surface area contributed by atoms with Crippen molar-refractivity contribution in [3.63, 3.8) is 0 Å². The van der Waals surface area contributed by atoms with Gasteiger partial charge in [-0.2, -0.15) is 8.42 Å². The molecule has 8 nitrogen and oxygen atoms in total. The van der Waals surface area contributed by atoms with Crippen molar-refractivity contribution in [2.45, 2.75) is 36.7 Å². The van der Waals surface area contributed by atoms with Gasteiger partial charge < -0.3 is 14.5 Å². The van der Waals surface area contributed by atoms with Gasteiger partial charge in [-0.3, -0.25) is 4.79 Å². The summed E-state index contributed by atoms with van der Waals surface area (Å²) in [7, 11) is -0.776. The van der Waals surface area contributed by atoms with Gasteiger partial charge >= 0.3 is 5.97 Å². The lowest BCUT2D eigenvalue weighted by molar-refractivity contribution is -0.138. The van der Waals surface area contributed by atoms with Gasteiger partial charge in [0.1, 0.15) is 10.7 Å². The number of nitrogens with zero attached hydrogens (tertiary/aromatic N) is 3. The number of likely N-dealkylation sites (N-methyl/N-ethyl adjacent to an activating group) is 1. The second-order valence-corrected chi connectivity index (χ2v) is 9.63. The molecule has 168 valence electrons. The number of hydrogen-bond acceptors (Lipinski definition) is 6. The topological polar surface area (TPSA) is 96.3 Å². The van der Waals surface area contributed by atoms with E-state index < -0.39 is 28.0 Å². The van der Waals surface area contributed by atoms with E-state index in [9.17, 15) is 18.0 Å². The zero-order valence-corrected chi connectivity index (χ0v) is 18.8. The van der Waals surface area contributed by atoms with Crippen molar-refractivity contribution in [2.24, 2.45) is 4.40 Å². The summed E-state index contributed by atoms with van der Waals surface area (Å²) < 4.78 is 35.2. The lowest BCUT2D eigenvalue weighted by Gasteiger charge is -2.29. The molecule has 32 heavy (non-hydrogen) atoms. The lowest BCUT2D eigenvalue weighted by atomic mass is 10.1. The second kappa shape index (κ2) is 8.74. The van der Waals surface area contributed by atoms with Gasteiger partial charge in [0.15, 0.2) is 0 Å². The van der Waals surface area contributed by atoms with Crippen LogP contribution in [0, 0.1) is 0 Å². The smallest absolute Gasteiger partial charge is 0.339 e. The zero-order valence-electron chi connectivity index (χ0n) is 18.0. The van der Waals surface area contributed by atoms with E-state index in [4.69, 9.17) is 4.74 Å². The fraction of sp³-hybridized carbons (Fsp3) is 0.348. The molecule has 2 aromatic carbocycles. The van der Waals surface area contributed by atoms with Crippen LogP contribution in [-0.2, 0) is 19.6 Å². The molecule has 0 N–H and O–H groups in total. The summed E-state index contributed by atoms with van der Waals surface area (Å²) in [5, 5.41) is 0. The Labute approximate surface area is 187 Å². The average molecular weight is 456 g/mol. The molecule has 2 heterocycles. The van der Waals surface area contributed by atoms with Gasteiger partial charge in [0.25, 0.3) is 15.9 Å². The van der Waals surface area contributed by atoms with Crippen LogP contribution in [0.4, 0.5) is 5.69 Å². The van der Waals surface area contributed by atoms with Crippen molar-refractivity contribution in [3.05, 3.63) is 59.7 Å². The molecular weight excluding hydrogens is 430 g/mol. The number of hydrogen-bond donors (Lipinski definition) is 0. The monoisotopic (exact) mass is 455 g/mol. The highest BCUT2D eigenvalue weighted by Crippen LogP contribution is 2.35. The highest BCUT2D eigenvalue weighted by Gasteiger charge is 2.33. The average Bonchev–Trinajstić information content (AvgIpc) is 3.02. The lowest BCUT2D eigenvalue weighted by Crippen LogP contribution is -2.35. The quantitative estimate of drug-likeness (QED) is 0.657. The Bertz CT molecular complexity index is 1180. The van der Waals surface area contributed by atoms with Crippen molar-refractivity contribution >= 4 is 33.4 Å². The first-order valence-electron chi connectivity index (χ1n) is 10.5. The van der Waals surface area contributed by atoms with Gasteiger partial charge in [-0.25, -0.2) is 4.79 Å². The summed E-state index contributed by atoms with van der Waals surface area (Å²) >= 11 is 0. The maximum absolute atomic E-state index is 13.0. The molecule has 1 saturated heterocycles. The van der Waals surface area contributed by atoms with Crippen molar-refractivity contribution < 1.29 is 22.7 Å². The van der Waals surface area contributed by atoms with Crippen LogP contribution in [0.3, 0.4) is 0 Å². The molecule has 0 spiro atoms. The molecule has 0 saturated carbocycles. The molecule has 2 aliphatic rings. The number of sulfonamides is 1. The fourth-order valence-corrected chi connectivity index (χ4v) is 5.19. The van der Waals surface area contributed by atoms with Crippen molar-refractivity contribution in [1.82, 2.24) is 4.90 Å². The highest BCUT2D eigenvalue weighted by molar-refractivity contribution is 7.90. The standard InChI is InChI=1S/C23H25N3O5S/c1-25(2)22(27)21(16-9-5-3-6-10-16)31-23(28)17-12-13-18-19(15-17)32(29,30)24-20-11-7-4-8-14-26(18)20/h3,5-6,9-10,12-13,15,21H,4,7-8,11,14H2,1-2H3/t21-/m0/s1. The predicted molar refractivity (Wildman–Crippen MR) is 120 cm³/mol. The molecular formula is C23H25N3O5S. The molecule has 2 aromatic rings. The molecule has 0 aliphatic carbocycles. The number of amides is 1. The molecule has 1 amide bonds. The first kappa shape index (κ1) is 22.0. The summed E-state index contributed by atoms with van der Waals surface area (Å²) in [4.78, 5) is 28.9. The SMILES string of the molecule is CN(C)C(=O)[C@@H](OC(=O)c1ccc2c(c1)S(=O)(=O)N=C1CCCCCN12)c1ccccc1. The fourth-order valence-electron chi connectivity index (χ4n) is 3.91. The number of fused-ring (bicyclic) bond motifs is 3. The van der Waals surface area contributed by atoms with Gasteiger partial charge in [0.05, 0.1) is 11.3 Å². The third-order valence-corrected chi connectivity index (χ3v) is 6.91. The maximum Gasteiger partial charge on any atom is 0.339 e. The number of anilines is 1. The van der Waals surface area contributed by atoms with E-state index in [0.29, 0.717) is 30.1 Å². The van der Waals surface area contributed by atoms with Crippen LogP contribution in [0.2, 0.25) is 0 Å². The van der Waals surface area contributed by atoms with Crippen LogP contribution in [0.1, 0.15) is 47.7 Å². The van der Waals surface area contributed by atoms with Crippen LogP contribution < -0.4 is 4.90 Å². The normalized spacial score (nSPS) is 17.8. The molecule has 1 atom stereocenters. The summed E-state index contributed by atoms with van der Waals surface area (Å²) in [6.07, 6.45) is 2.31. The summed E-state index contributed by atoms with van der Waals surface area (Å²) in [6.45, 7) is 0.679. The predicted octanol–water partition coefficient (Wildman–Crippen LogP) is 3.15. The van der Waals surface area contributed by atoms with Crippen molar-refractivity contribution in [3.8, 4) is 0 Å². The Morgan fingerprint density at radius 3 is 2.53 bits per heavy atom. The minimum absolute atomic E-state index is 0.0206. The second-order valence-electron chi connectivity index (χ2n) is 8.06. The van der Waals surface area contributed by atoms with E-state index in [-0.39, 0.29) is 10.5 Å².